The lowest BCUT2D eigenvalue weighted by atomic mass is 10.4. The molecular weight excluding hydrogens is 160 g/mol. The number of nitrogens with zero attached hydrogens (tertiary/aromatic N) is 2. The van der Waals surface area contributed by atoms with Crippen molar-refractivity contribution in [3.05, 3.63) is 35.1 Å². The topological polar surface area (TPSA) is 17.3 Å². The Hall–Kier alpha value is -1.02. The van der Waals surface area contributed by atoms with Gasteiger partial charge in [0.1, 0.15) is 0 Å². The average Bonchev–Trinajstić information content (AvgIpc) is 2.27. The van der Waals surface area contributed by atoms with Gasteiger partial charge < -0.3 is 0 Å². The zero-order valence-electron chi connectivity index (χ0n) is 6.08. The third-order valence-electron chi connectivity index (χ3n) is 1.55. The fourth-order valence-electron chi connectivity index (χ4n) is 1.10. The van der Waals surface area contributed by atoms with E-state index >= 15 is 0 Å². The first-order valence-electron chi connectivity index (χ1n) is 3.37. The highest BCUT2D eigenvalue weighted by Crippen LogP contribution is 2.12. The summed E-state index contributed by atoms with van der Waals surface area (Å²) >= 11 is 5.79. The number of hydrogen-bond donors (Lipinski definition) is 0. The minimum Gasteiger partial charge on any atom is -0.241 e. The van der Waals surface area contributed by atoms with Crippen molar-refractivity contribution in [1.29, 1.82) is 0 Å². The van der Waals surface area contributed by atoms with Crippen LogP contribution in [0.1, 0.15) is 5.69 Å². The van der Waals surface area contributed by atoms with Gasteiger partial charge in [-0.1, -0.05) is 11.6 Å². The minimum absolute atomic E-state index is 0.748. The summed E-state index contributed by atoms with van der Waals surface area (Å²) in [6.45, 7) is 1.96. The molecule has 2 rings (SSSR count). The lowest BCUT2D eigenvalue weighted by Gasteiger charge is -1.91. The highest BCUT2D eigenvalue weighted by molar-refractivity contribution is 6.30. The first-order chi connectivity index (χ1) is 5.25. The van der Waals surface area contributed by atoms with E-state index in [4.69, 9.17) is 11.6 Å². The predicted octanol–water partition coefficient (Wildman–Crippen LogP) is 2.30. The third-order valence-corrected chi connectivity index (χ3v) is 1.78. The maximum absolute atomic E-state index is 5.79. The van der Waals surface area contributed by atoms with E-state index in [9.17, 15) is 0 Å². The maximum atomic E-state index is 5.79. The first-order valence-corrected chi connectivity index (χ1v) is 3.75. The molecule has 3 heteroatoms. The lowest BCUT2D eigenvalue weighted by Crippen LogP contribution is -1.84. The van der Waals surface area contributed by atoms with Crippen molar-refractivity contribution in [3.63, 3.8) is 0 Å². The monoisotopic (exact) mass is 166 g/mol. The Balaban J connectivity index is 2.82. The largest absolute Gasteiger partial charge is 0.241 e. The molecule has 56 valence electrons. The van der Waals surface area contributed by atoms with E-state index in [2.05, 4.69) is 5.10 Å². The van der Waals surface area contributed by atoms with Crippen LogP contribution in [-0.4, -0.2) is 9.61 Å². The highest BCUT2D eigenvalue weighted by atomic mass is 35.5. The Kier molecular flexibility index (Phi) is 1.36. The quantitative estimate of drug-likeness (QED) is 0.587. The molecule has 2 heterocycles. The zero-order valence-corrected chi connectivity index (χ0v) is 6.84. The molecule has 0 aliphatic heterocycles. The van der Waals surface area contributed by atoms with Crippen molar-refractivity contribution in [2.45, 2.75) is 6.92 Å². The summed E-state index contributed by atoms with van der Waals surface area (Å²) in [6.07, 6.45) is 1.85. The summed E-state index contributed by atoms with van der Waals surface area (Å²) in [6, 6.07) is 5.70. The lowest BCUT2D eigenvalue weighted by molar-refractivity contribution is 0.934. The second kappa shape index (κ2) is 2.24. The number of pyridine rings is 1. The first kappa shape index (κ1) is 6.68. The van der Waals surface area contributed by atoms with Crippen molar-refractivity contribution in [2.75, 3.05) is 0 Å². The summed E-state index contributed by atoms with van der Waals surface area (Å²) in [7, 11) is 0. The number of aromatic nitrogens is 2. The fraction of sp³-hybridized carbons (Fsp3) is 0.125. The van der Waals surface area contributed by atoms with Gasteiger partial charge in [-0.15, -0.1) is 0 Å². The molecule has 2 aromatic heterocycles. The molecule has 0 radical (unpaired) electrons. The van der Waals surface area contributed by atoms with E-state index in [-0.39, 0.29) is 0 Å². The van der Waals surface area contributed by atoms with Gasteiger partial charge in [0.2, 0.25) is 0 Å². The van der Waals surface area contributed by atoms with E-state index in [1.54, 1.807) is 4.52 Å². The van der Waals surface area contributed by atoms with Crippen molar-refractivity contribution < 1.29 is 0 Å². The Morgan fingerprint density at radius 2 is 2.27 bits per heavy atom. The Labute approximate surface area is 69.4 Å². The number of halogens is 1. The van der Waals surface area contributed by atoms with Crippen LogP contribution < -0.4 is 0 Å². The van der Waals surface area contributed by atoms with Gasteiger partial charge in [0, 0.05) is 11.2 Å². The van der Waals surface area contributed by atoms with E-state index in [1.807, 2.05) is 31.3 Å². The molecule has 0 bridgehead atoms. The van der Waals surface area contributed by atoms with Crippen molar-refractivity contribution >= 4 is 17.1 Å². The Morgan fingerprint density at radius 3 is 3.09 bits per heavy atom. The zero-order chi connectivity index (χ0) is 7.84. The van der Waals surface area contributed by atoms with Crippen LogP contribution in [0.5, 0.6) is 0 Å². The molecular formula is C8H7ClN2. The molecule has 2 nitrogen and oxygen atoms in total. The third kappa shape index (κ3) is 1.10. The second-order valence-electron chi connectivity index (χ2n) is 2.50. The van der Waals surface area contributed by atoms with Gasteiger partial charge in [0.25, 0.3) is 0 Å². The molecule has 0 atom stereocenters. The molecule has 0 spiro atoms. The molecule has 2 aromatic rings. The van der Waals surface area contributed by atoms with Gasteiger partial charge in [-0.2, -0.15) is 5.10 Å². The van der Waals surface area contributed by atoms with Crippen LogP contribution in [0.25, 0.3) is 5.52 Å². The smallest absolute Gasteiger partial charge is 0.0679 e. The SMILES string of the molecule is Cc1cc2cc(Cl)ccn2n1. The van der Waals surface area contributed by atoms with Gasteiger partial charge in [-0.3, -0.25) is 0 Å². The average molecular weight is 167 g/mol. The maximum Gasteiger partial charge on any atom is 0.0679 e. The molecule has 0 saturated carbocycles. The summed E-state index contributed by atoms with van der Waals surface area (Å²) in [5, 5.41) is 4.96. The van der Waals surface area contributed by atoms with Crippen molar-refractivity contribution in [1.82, 2.24) is 9.61 Å². The van der Waals surface area contributed by atoms with Gasteiger partial charge in [-0.25, -0.2) is 4.52 Å². The Bertz CT molecular complexity index is 392. The summed E-state index contributed by atoms with van der Waals surface area (Å²) in [5.74, 6) is 0. The molecule has 0 aliphatic rings. The van der Waals surface area contributed by atoms with Crippen LogP contribution in [0.3, 0.4) is 0 Å². The fourth-order valence-corrected chi connectivity index (χ4v) is 1.26. The predicted molar refractivity (Wildman–Crippen MR) is 44.9 cm³/mol. The molecule has 0 aliphatic carbocycles. The molecule has 0 unspecified atom stereocenters. The molecule has 0 aromatic carbocycles. The van der Waals surface area contributed by atoms with Crippen LogP contribution in [0.2, 0.25) is 5.02 Å². The molecule has 0 N–H and O–H groups in total. The van der Waals surface area contributed by atoms with Crippen LogP contribution >= 0.6 is 11.6 Å². The molecule has 0 amide bonds. The van der Waals surface area contributed by atoms with E-state index in [0.717, 1.165) is 16.2 Å². The van der Waals surface area contributed by atoms with Crippen LogP contribution in [0, 0.1) is 6.92 Å². The standard InChI is InChI=1S/C8H7ClN2/c1-6-4-8-5-7(9)2-3-11(8)10-6/h2-5H,1H3. The number of fused-ring (bicyclic) bond motifs is 1. The van der Waals surface area contributed by atoms with Gasteiger partial charge in [0.05, 0.1) is 11.2 Å². The van der Waals surface area contributed by atoms with Gasteiger partial charge >= 0.3 is 0 Å². The van der Waals surface area contributed by atoms with Gasteiger partial charge in [-0.05, 0) is 25.1 Å². The summed E-state index contributed by atoms with van der Waals surface area (Å²) < 4.78 is 1.81. The molecule has 0 saturated heterocycles. The molecule has 11 heavy (non-hydrogen) atoms. The summed E-state index contributed by atoms with van der Waals surface area (Å²) in [4.78, 5) is 0. The van der Waals surface area contributed by atoms with E-state index in [0.29, 0.717) is 0 Å². The van der Waals surface area contributed by atoms with E-state index in [1.165, 1.54) is 0 Å². The summed E-state index contributed by atoms with van der Waals surface area (Å²) in [5.41, 5.74) is 2.04. The number of hydrogen-bond acceptors (Lipinski definition) is 1. The number of rotatable bonds is 0. The Morgan fingerprint density at radius 1 is 1.45 bits per heavy atom. The van der Waals surface area contributed by atoms with Crippen LogP contribution in [0.15, 0.2) is 24.4 Å². The normalized spacial score (nSPS) is 10.7. The second-order valence-corrected chi connectivity index (χ2v) is 2.94. The minimum atomic E-state index is 0.748. The van der Waals surface area contributed by atoms with Crippen molar-refractivity contribution in [2.24, 2.45) is 0 Å². The van der Waals surface area contributed by atoms with Crippen LogP contribution in [-0.2, 0) is 0 Å². The number of aryl methyl sites for hydroxylation is 1. The van der Waals surface area contributed by atoms with Crippen molar-refractivity contribution in [3.8, 4) is 0 Å². The van der Waals surface area contributed by atoms with E-state index < -0.39 is 0 Å². The van der Waals surface area contributed by atoms with Gasteiger partial charge in [0.15, 0.2) is 0 Å². The van der Waals surface area contributed by atoms with Crippen LogP contribution in [0.4, 0.5) is 0 Å². The highest BCUT2D eigenvalue weighted by Gasteiger charge is 1.96. The molecule has 0 fully saturated rings.